The van der Waals surface area contributed by atoms with Gasteiger partial charge in [-0.25, -0.2) is 0 Å². The molecule has 0 spiro atoms. The summed E-state index contributed by atoms with van der Waals surface area (Å²) in [5.74, 6) is 0.678. The van der Waals surface area contributed by atoms with Gasteiger partial charge in [-0.05, 0) is 18.9 Å². The number of aliphatic carboxylic acids is 1. The second-order valence-corrected chi connectivity index (χ2v) is 6.98. The summed E-state index contributed by atoms with van der Waals surface area (Å²) in [5.41, 5.74) is 0.124. The molecule has 1 N–H and O–H groups in total. The average Bonchev–Trinajstić information content (AvgIpc) is 3.03. The highest BCUT2D eigenvalue weighted by Gasteiger charge is 2.57. The van der Waals surface area contributed by atoms with Gasteiger partial charge in [-0.3, -0.25) is 9.69 Å². The molecular weight excluding hydrogens is 310 g/mol. The van der Waals surface area contributed by atoms with Crippen molar-refractivity contribution in [2.45, 2.75) is 24.8 Å². The summed E-state index contributed by atoms with van der Waals surface area (Å²) >= 11 is 0. The SMILES string of the molecule is COc1ccc2c(c1)OC[C@]1(C(=O)O)CN(C3CCOCC3)C[C@H]21. The van der Waals surface area contributed by atoms with Crippen LogP contribution < -0.4 is 9.47 Å². The summed E-state index contributed by atoms with van der Waals surface area (Å²) in [4.78, 5) is 14.5. The van der Waals surface area contributed by atoms with Gasteiger partial charge in [-0.1, -0.05) is 6.07 Å². The highest BCUT2D eigenvalue weighted by Crippen LogP contribution is 2.51. The van der Waals surface area contributed by atoms with Crippen LogP contribution in [0, 0.1) is 5.41 Å². The van der Waals surface area contributed by atoms with Crippen molar-refractivity contribution < 1.29 is 24.1 Å². The van der Waals surface area contributed by atoms with Gasteiger partial charge in [0, 0.05) is 49.9 Å². The van der Waals surface area contributed by atoms with Crippen LogP contribution in [0.25, 0.3) is 0 Å². The molecule has 0 bridgehead atoms. The van der Waals surface area contributed by atoms with Crippen molar-refractivity contribution in [2.75, 3.05) is 40.0 Å². The van der Waals surface area contributed by atoms with Gasteiger partial charge >= 0.3 is 5.97 Å². The van der Waals surface area contributed by atoms with Crippen LogP contribution in [0.3, 0.4) is 0 Å². The lowest BCUT2D eigenvalue weighted by molar-refractivity contribution is -0.152. The van der Waals surface area contributed by atoms with E-state index in [1.54, 1.807) is 7.11 Å². The molecule has 0 saturated carbocycles. The van der Waals surface area contributed by atoms with Gasteiger partial charge in [0.1, 0.15) is 23.5 Å². The maximum absolute atomic E-state index is 12.2. The Balaban J connectivity index is 1.67. The zero-order valence-electron chi connectivity index (χ0n) is 13.9. The Morgan fingerprint density at radius 2 is 2.17 bits per heavy atom. The molecule has 0 aliphatic carbocycles. The molecular formula is C18H23NO5. The highest BCUT2D eigenvalue weighted by molar-refractivity contribution is 5.78. The van der Waals surface area contributed by atoms with Gasteiger partial charge in [-0.2, -0.15) is 0 Å². The van der Waals surface area contributed by atoms with Crippen molar-refractivity contribution in [1.82, 2.24) is 4.90 Å². The van der Waals surface area contributed by atoms with E-state index in [-0.39, 0.29) is 12.5 Å². The van der Waals surface area contributed by atoms with Crippen molar-refractivity contribution in [3.8, 4) is 11.5 Å². The number of hydrogen-bond acceptors (Lipinski definition) is 5. The predicted molar refractivity (Wildman–Crippen MR) is 86.7 cm³/mol. The van der Waals surface area contributed by atoms with E-state index in [2.05, 4.69) is 4.90 Å². The van der Waals surface area contributed by atoms with E-state index in [1.807, 2.05) is 18.2 Å². The van der Waals surface area contributed by atoms with E-state index in [4.69, 9.17) is 14.2 Å². The molecule has 2 atom stereocenters. The Labute approximate surface area is 141 Å². The van der Waals surface area contributed by atoms with Crippen LogP contribution in [0.4, 0.5) is 0 Å². The quantitative estimate of drug-likeness (QED) is 0.909. The van der Waals surface area contributed by atoms with Gasteiger partial charge < -0.3 is 19.3 Å². The molecule has 0 aromatic heterocycles. The molecule has 3 heterocycles. The second kappa shape index (κ2) is 5.93. The van der Waals surface area contributed by atoms with Crippen LogP contribution in [0.1, 0.15) is 24.3 Å². The van der Waals surface area contributed by atoms with Crippen molar-refractivity contribution in [2.24, 2.45) is 5.41 Å². The number of nitrogens with zero attached hydrogens (tertiary/aromatic N) is 1. The molecule has 6 heteroatoms. The van der Waals surface area contributed by atoms with E-state index in [9.17, 15) is 9.90 Å². The van der Waals surface area contributed by atoms with Gasteiger partial charge in [0.05, 0.1) is 7.11 Å². The smallest absolute Gasteiger partial charge is 0.315 e. The fourth-order valence-electron chi connectivity index (χ4n) is 4.36. The number of benzene rings is 1. The van der Waals surface area contributed by atoms with E-state index >= 15 is 0 Å². The molecule has 0 unspecified atom stereocenters. The largest absolute Gasteiger partial charge is 0.497 e. The maximum atomic E-state index is 12.2. The molecule has 2 fully saturated rings. The molecule has 24 heavy (non-hydrogen) atoms. The first-order valence-electron chi connectivity index (χ1n) is 8.50. The third kappa shape index (κ3) is 2.36. The van der Waals surface area contributed by atoms with Crippen LogP contribution >= 0.6 is 0 Å². The molecule has 1 aromatic rings. The third-order valence-corrected chi connectivity index (χ3v) is 5.78. The lowest BCUT2D eigenvalue weighted by Gasteiger charge is -2.36. The second-order valence-electron chi connectivity index (χ2n) is 6.98. The van der Waals surface area contributed by atoms with Crippen molar-refractivity contribution in [1.29, 1.82) is 0 Å². The molecule has 6 nitrogen and oxygen atoms in total. The Morgan fingerprint density at radius 1 is 1.38 bits per heavy atom. The van der Waals surface area contributed by atoms with Gasteiger partial charge in [0.2, 0.25) is 0 Å². The number of hydrogen-bond donors (Lipinski definition) is 1. The number of carbonyl (C=O) groups is 1. The number of ether oxygens (including phenoxy) is 3. The lowest BCUT2D eigenvalue weighted by Crippen LogP contribution is -2.46. The van der Waals surface area contributed by atoms with Crippen LogP contribution in [0.2, 0.25) is 0 Å². The molecule has 3 aliphatic rings. The fraction of sp³-hybridized carbons (Fsp3) is 0.611. The maximum Gasteiger partial charge on any atom is 0.315 e. The Morgan fingerprint density at radius 3 is 2.88 bits per heavy atom. The zero-order chi connectivity index (χ0) is 16.7. The topological polar surface area (TPSA) is 68.2 Å². The zero-order valence-corrected chi connectivity index (χ0v) is 13.9. The van der Waals surface area contributed by atoms with Crippen LogP contribution in [0.15, 0.2) is 18.2 Å². The number of fused-ring (bicyclic) bond motifs is 3. The van der Waals surface area contributed by atoms with E-state index in [0.717, 1.165) is 49.7 Å². The molecule has 2 saturated heterocycles. The highest BCUT2D eigenvalue weighted by atomic mass is 16.5. The van der Waals surface area contributed by atoms with E-state index in [0.29, 0.717) is 12.6 Å². The summed E-state index contributed by atoms with van der Waals surface area (Å²) in [7, 11) is 1.62. The molecule has 0 amide bonds. The minimum atomic E-state index is -0.861. The molecule has 130 valence electrons. The van der Waals surface area contributed by atoms with Gasteiger partial charge in [0.15, 0.2) is 0 Å². The Kier molecular flexibility index (Phi) is 3.89. The summed E-state index contributed by atoms with van der Waals surface area (Å²) in [6, 6.07) is 6.11. The lowest BCUT2D eigenvalue weighted by atomic mass is 9.73. The number of carboxylic acid groups (broad SMARTS) is 1. The molecule has 4 rings (SSSR count). The Bertz CT molecular complexity index is 642. The summed E-state index contributed by atoms with van der Waals surface area (Å²) in [5, 5.41) is 9.99. The number of likely N-dealkylation sites (tertiary alicyclic amines) is 1. The normalized spacial score (nSPS) is 30.3. The summed E-state index contributed by atoms with van der Waals surface area (Å²) in [6.07, 6.45) is 1.94. The Hall–Kier alpha value is -1.79. The standard InChI is InChI=1S/C18H23NO5/c1-22-13-2-3-14-15-9-19(12-4-6-23-7-5-12)10-18(15,17(20)21)11-24-16(14)8-13/h2-3,8,12,15H,4-7,9-11H2,1H3,(H,20,21)/t15-,18-/m1/s1. The van der Waals surface area contributed by atoms with Crippen LogP contribution in [-0.4, -0.2) is 62.0 Å². The van der Waals surface area contributed by atoms with E-state index < -0.39 is 11.4 Å². The van der Waals surface area contributed by atoms with Crippen molar-refractivity contribution in [3.05, 3.63) is 23.8 Å². The first-order valence-corrected chi connectivity index (χ1v) is 8.50. The third-order valence-electron chi connectivity index (χ3n) is 5.78. The fourth-order valence-corrected chi connectivity index (χ4v) is 4.36. The van der Waals surface area contributed by atoms with Crippen LogP contribution in [0.5, 0.6) is 11.5 Å². The number of methoxy groups -OCH3 is 1. The monoisotopic (exact) mass is 333 g/mol. The molecule has 3 aliphatic heterocycles. The van der Waals surface area contributed by atoms with Crippen molar-refractivity contribution >= 4 is 5.97 Å². The minimum absolute atomic E-state index is 0.0486. The average molecular weight is 333 g/mol. The molecule has 1 aromatic carbocycles. The minimum Gasteiger partial charge on any atom is -0.497 e. The van der Waals surface area contributed by atoms with E-state index in [1.165, 1.54) is 0 Å². The number of carboxylic acids is 1. The van der Waals surface area contributed by atoms with Gasteiger partial charge in [0.25, 0.3) is 0 Å². The summed E-state index contributed by atoms with van der Waals surface area (Å²) in [6.45, 7) is 3.04. The predicted octanol–water partition coefficient (Wildman–Crippen LogP) is 1.74. The summed E-state index contributed by atoms with van der Waals surface area (Å²) < 4.78 is 16.6. The first kappa shape index (κ1) is 15.7. The van der Waals surface area contributed by atoms with Gasteiger partial charge in [-0.15, -0.1) is 0 Å². The number of rotatable bonds is 3. The van der Waals surface area contributed by atoms with Crippen molar-refractivity contribution in [3.63, 3.8) is 0 Å². The first-order chi connectivity index (χ1) is 11.6. The molecule has 0 radical (unpaired) electrons. The van der Waals surface area contributed by atoms with Crippen LogP contribution in [-0.2, 0) is 9.53 Å².